The molecule has 13 nitrogen and oxygen atoms in total. The number of amides is 2. The quantitative estimate of drug-likeness (QED) is 0.162. The lowest BCUT2D eigenvalue weighted by Crippen LogP contribution is -2.52. The number of carbonyl (C=O) groups excluding carboxylic acids is 2. The molecule has 1 aromatic heterocycles. The first-order valence-electron chi connectivity index (χ1n) is 17.1. The maximum absolute atomic E-state index is 14.0. The van der Waals surface area contributed by atoms with Crippen molar-refractivity contribution in [1.82, 2.24) is 14.8 Å². The number of rotatable bonds is 14. The number of fused-ring (bicyclic) bond motifs is 1. The zero-order chi connectivity index (χ0) is 37.1. The highest BCUT2D eigenvalue weighted by atomic mass is 35.5. The van der Waals surface area contributed by atoms with Crippen molar-refractivity contribution in [3.8, 4) is 5.75 Å². The summed E-state index contributed by atoms with van der Waals surface area (Å²) in [5.41, 5.74) is 3.58. The molecular formula is C36H43Cl2N5O8S. The number of aliphatic hydroxyl groups is 5. The molecule has 16 heteroatoms. The Bertz CT molecular complexity index is 1740. The van der Waals surface area contributed by atoms with Crippen LogP contribution >= 0.6 is 35.0 Å². The fraction of sp³-hybridized carbons (Fsp3) is 0.472. The van der Waals surface area contributed by atoms with Gasteiger partial charge in [-0.3, -0.25) is 19.5 Å². The van der Waals surface area contributed by atoms with E-state index in [2.05, 4.69) is 20.9 Å². The Morgan fingerprint density at radius 3 is 2.42 bits per heavy atom. The zero-order valence-electron chi connectivity index (χ0n) is 28.6. The Morgan fingerprint density at radius 1 is 1.00 bits per heavy atom. The lowest BCUT2D eigenvalue weighted by molar-refractivity contribution is -0.122. The standard InChI is InChI=1S/C36H43Cl2N5O8S/c1-40(16-30(45)33(47)34(48)31(46)17-44)35(49)21-6-7-23(39-14-21)18-51-32-13-25(37)22(12-26(32)38)15-41-20-52-19-29(41)36(50)43-11-10-42(24-8-9-24)27-4-2-3-5-28(27)43/h2-7,12-14,24,29-31,33-34,44-48H,8-11,15-20H2,1H3/t29-,30-,31+,33+,34+/m0/s1. The van der Waals surface area contributed by atoms with E-state index in [-0.39, 0.29) is 30.7 Å². The molecule has 3 heterocycles. The van der Waals surface area contributed by atoms with E-state index < -0.39 is 36.9 Å². The summed E-state index contributed by atoms with van der Waals surface area (Å²) in [7, 11) is 1.40. The lowest BCUT2D eigenvalue weighted by atomic mass is 10.0. The second kappa shape index (κ2) is 16.9. The van der Waals surface area contributed by atoms with Crippen molar-refractivity contribution in [2.45, 2.75) is 62.5 Å². The number of aliphatic hydroxyl groups excluding tert-OH is 5. The molecule has 280 valence electrons. The van der Waals surface area contributed by atoms with E-state index >= 15 is 0 Å². The molecule has 0 unspecified atom stereocenters. The normalized spacial score (nSPS) is 19.9. The van der Waals surface area contributed by atoms with E-state index in [9.17, 15) is 30.0 Å². The summed E-state index contributed by atoms with van der Waals surface area (Å²) in [6.45, 7) is 0.806. The van der Waals surface area contributed by atoms with Crippen molar-refractivity contribution in [3.63, 3.8) is 0 Å². The molecule has 2 aliphatic heterocycles. The van der Waals surface area contributed by atoms with Gasteiger partial charge in [-0.1, -0.05) is 35.3 Å². The van der Waals surface area contributed by atoms with Gasteiger partial charge in [0.25, 0.3) is 5.91 Å². The number of para-hydroxylation sites is 2. The number of carbonyl (C=O) groups is 2. The van der Waals surface area contributed by atoms with Crippen LogP contribution in [0.1, 0.15) is 34.5 Å². The van der Waals surface area contributed by atoms with Crippen LogP contribution in [0, 0.1) is 0 Å². The van der Waals surface area contributed by atoms with Crippen molar-refractivity contribution >= 4 is 58.2 Å². The average Bonchev–Trinajstić information content (AvgIpc) is 3.90. The van der Waals surface area contributed by atoms with Crippen LogP contribution in [0.4, 0.5) is 11.4 Å². The molecule has 52 heavy (non-hydrogen) atoms. The summed E-state index contributed by atoms with van der Waals surface area (Å²) in [5.74, 6) is 1.32. The topological polar surface area (TPSA) is 170 Å². The molecule has 3 aliphatic rings. The molecule has 5 atom stereocenters. The zero-order valence-corrected chi connectivity index (χ0v) is 30.9. The van der Waals surface area contributed by atoms with Gasteiger partial charge < -0.3 is 45.0 Å². The van der Waals surface area contributed by atoms with E-state index in [0.717, 1.165) is 28.4 Å². The van der Waals surface area contributed by atoms with Gasteiger partial charge in [0.05, 0.1) is 40.3 Å². The molecule has 1 aliphatic carbocycles. The molecule has 0 radical (unpaired) electrons. The van der Waals surface area contributed by atoms with Gasteiger partial charge in [-0.2, -0.15) is 0 Å². The van der Waals surface area contributed by atoms with Crippen LogP contribution in [0.2, 0.25) is 10.0 Å². The summed E-state index contributed by atoms with van der Waals surface area (Å²) in [6, 6.07) is 15.0. The smallest absolute Gasteiger partial charge is 0.255 e. The molecule has 0 bridgehead atoms. The number of halogens is 2. The third-order valence-corrected chi connectivity index (χ3v) is 11.3. The predicted molar refractivity (Wildman–Crippen MR) is 199 cm³/mol. The molecule has 1 saturated carbocycles. The third kappa shape index (κ3) is 8.61. The van der Waals surface area contributed by atoms with Gasteiger partial charge in [0, 0.05) is 68.2 Å². The Morgan fingerprint density at radius 2 is 1.73 bits per heavy atom. The molecule has 2 amide bonds. The first-order chi connectivity index (χ1) is 25.0. The van der Waals surface area contributed by atoms with Crippen LogP contribution in [0.3, 0.4) is 0 Å². The van der Waals surface area contributed by atoms with Gasteiger partial charge in [-0.15, -0.1) is 11.8 Å². The first kappa shape index (κ1) is 38.5. The number of thioether (sulfide) groups is 1. The molecule has 2 aromatic carbocycles. The van der Waals surface area contributed by atoms with Gasteiger partial charge >= 0.3 is 0 Å². The minimum atomic E-state index is -1.79. The van der Waals surface area contributed by atoms with Crippen LogP contribution in [0.5, 0.6) is 5.75 Å². The SMILES string of the molecule is CN(C[C@H](O)[C@@H](O)[C@H](O)[C@H](O)CO)C(=O)c1ccc(COc2cc(Cl)c(CN3CSC[C@H]3C(=O)N3CCN(C4CC4)c4ccccc43)cc2Cl)nc1. The van der Waals surface area contributed by atoms with Crippen LogP contribution in [-0.2, 0) is 17.9 Å². The van der Waals surface area contributed by atoms with Gasteiger partial charge in [0.2, 0.25) is 5.91 Å². The van der Waals surface area contributed by atoms with Gasteiger partial charge in [-0.25, -0.2) is 0 Å². The fourth-order valence-electron chi connectivity index (χ4n) is 6.48. The fourth-order valence-corrected chi connectivity index (χ4v) is 8.12. The van der Waals surface area contributed by atoms with E-state index in [0.29, 0.717) is 52.2 Å². The van der Waals surface area contributed by atoms with E-state index in [1.54, 1.807) is 30.0 Å². The summed E-state index contributed by atoms with van der Waals surface area (Å²) in [5, 5.41) is 49.4. The van der Waals surface area contributed by atoms with Gasteiger partial charge in [0.15, 0.2) is 0 Å². The number of aromatic nitrogens is 1. The van der Waals surface area contributed by atoms with E-state index in [1.807, 2.05) is 23.1 Å². The number of ether oxygens (including phenoxy) is 1. The Hall–Kier alpha value is -3.18. The van der Waals surface area contributed by atoms with E-state index in [1.165, 1.54) is 32.2 Å². The number of pyridine rings is 1. The van der Waals surface area contributed by atoms with Crippen LogP contribution in [0.15, 0.2) is 54.7 Å². The number of anilines is 2. The Kier molecular flexibility index (Phi) is 12.5. The number of hydrogen-bond donors (Lipinski definition) is 5. The highest BCUT2D eigenvalue weighted by molar-refractivity contribution is 7.99. The molecule has 6 rings (SSSR count). The maximum atomic E-state index is 14.0. The summed E-state index contributed by atoms with van der Waals surface area (Å²) in [6.07, 6.45) is -3.06. The highest BCUT2D eigenvalue weighted by Crippen LogP contribution is 2.41. The average molecular weight is 777 g/mol. The molecular weight excluding hydrogens is 733 g/mol. The second-order valence-corrected chi connectivity index (χ2v) is 15.2. The third-order valence-electron chi connectivity index (χ3n) is 9.61. The minimum absolute atomic E-state index is 0.0323. The van der Waals surface area contributed by atoms with Crippen molar-refractivity contribution in [2.75, 3.05) is 54.7 Å². The number of benzene rings is 2. The maximum Gasteiger partial charge on any atom is 0.255 e. The van der Waals surface area contributed by atoms with Gasteiger partial charge in [0.1, 0.15) is 36.8 Å². The van der Waals surface area contributed by atoms with Crippen LogP contribution < -0.4 is 14.5 Å². The largest absolute Gasteiger partial charge is 0.486 e. The molecule has 3 aromatic rings. The molecule has 2 fully saturated rings. The Balaban J connectivity index is 1.04. The lowest BCUT2D eigenvalue weighted by Gasteiger charge is -2.39. The summed E-state index contributed by atoms with van der Waals surface area (Å²) in [4.78, 5) is 38.8. The predicted octanol–water partition coefficient (Wildman–Crippen LogP) is 2.37. The molecule has 5 N–H and O–H groups in total. The monoisotopic (exact) mass is 775 g/mol. The number of likely N-dealkylation sites (N-methyl/N-ethyl adjacent to an activating group) is 1. The first-order valence-corrected chi connectivity index (χ1v) is 19.0. The van der Waals surface area contributed by atoms with Crippen molar-refractivity contribution in [1.29, 1.82) is 0 Å². The minimum Gasteiger partial charge on any atom is -0.486 e. The van der Waals surface area contributed by atoms with Crippen molar-refractivity contribution < 1.29 is 39.9 Å². The second-order valence-electron chi connectivity index (χ2n) is 13.4. The summed E-state index contributed by atoms with van der Waals surface area (Å²) < 4.78 is 5.93. The van der Waals surface area contributed by atoms with Crippen molar-refractivity contribution in [3.05, 3.63) is 81.6 Å². The number of nitrogens with zero attached hydrogens (tertiary/aromatic N) is 5. The highest BCUT2D eigenvalue weighted by Gasteiger charge is 2.40. The summed E-state index contributed by atoms with van der Waals surface area (Å²) >= 11 is 15.1. The van der Waals surface area contributed by atoms with Gasteiger partial charge in [-0.05, 0) is 48.7 Å². The molecule has 1 saturated heterocycles. The van der Waals surface area contributed by atoms with E-state index in [4.69, 9.17) is 33.0 Å². The number of hydrogen-bond acceptors (Lipinski definition) is 12. The van der Waals surface area contributed by atoms with Crippen molar-refractivity contribution in [2.24, 2.45) is 0 Å². The van der Waals surface area contributed by atoms with Crippen LogP contribution in [0.25, 0.3) is 0 Å². The Labute approximate surface area is 316 Å². The molecule has 0 spiro atoms. The van der Waals surface area contributed by atoms with Crippen LogP contribution in [-0.4, -0.2) is 134 Å².